The van der Waals surface area contributed by atoms with Crippen LogP contribution in [0.1, 0.15) is 6.92 Å². The molecule has 0 spiro atoms. The Morgan fingerprint density at radius 3 is 3.00 bits per heavy atom. The Labute approximate surface area is 113 Å². The van der Waals surface area contributed by atoms with E-state index in [-0.39, 0.29) is 12.6 Å². The number of nitrogens with zero attached hydrogens (tertiary/aromatic N) is 1. The molecule has 3 rings (SSSR count). The van der Waals surface area contributed by atoms with Gasteiger partial charge in [0, 0.05) is 24.8 Å². The standard InChI is InChI=1S/C14H20N2O3/c1-10-5-15-6-12(8-17)16(7-10)11-2-3-13-14(4-11)19-9-18-13/h2-4,10,12,15,17H,5-9H2,1H3. The maximum atomic E-state index is 9.59. The van der Waals surface area contributed by atoms with Crippen molar-refractivity contribution in [2.45, 2.75) is 13.0 Å². The first-order valence-corrected chi connectivity index (χ1v) is 6.76. The number of hydrogen-bond donors (Lipinski definition) is 2. The van der Waals surface area contributed by atoms with Gasteiger partial charge in [-0.15, -0.1) is 0 Å². The number of aliphatic hydroxyl groups is 1. The first kappa shape index (κ1) is 12.6. The lowest BCUT2D eigenvalue weighted by Gasteiger charge is -2.31. The monoisotopic (exact) mass is 264 g/mol. The third-order valence-corrected chi connectivity index (χ3v) is 3.72. The smallest absolute Gasteiger partial charge is 0.231 e. The number of rotatable bonds is 2. The molecule has 2 atom stereocenters. The molecule has 0 bridgehead atoms. The van der Waals surface area contributed by atoms with Gasteiger partial charge in [0.15, 0.2) is 11.5 Å². The summed E-state index contributed by atoms with van der Waals surface area (Å²) in [5, 5.41) is 13.0. The molecule has 5 nitrogen and oxygen atoms in total. The second kappa shape index (κ2) is 5.27. The van der Waals surface area contributed by atoms with Crippen LogP contribution in [0, 0.1) is 5.92 Å². The molecule has 19 heavy (non-hydrogen) atoms. The molecule has 1 saturated heterocycles. The Balaban J connectivity index is 1.88. The van der Waals surface area contributed by atoms with Crippen LogP contribution in [-0.4, -0.2) is 44.2 Å². The Kier molecular flexibility index (Phi) is 3.48. The molecule has 2 heterocycles. The van der Waals surface area contributed by atoms with E-state index < -0.39 is 0 Å². The molecule has 2 unspecified atom stereocenters. The highest BCUT2D eigenvalue weighted by Crippen LogP contribution is 2.36. The fourth-order valence-electron chi connectivity index (χ4n) is 2.70. The lowest BCUT2D eigenvalue weighted by atomic mass is 10.1. The molecular weight excluding hydrogens is 244 g/mol. The van der Waals surface area contributed by atoms with E-state index in [1.165, 1.54) is 0 Å². The van der Waals surface area contributed by atoms with Crippen LogP contribution < -0.4 is 19.7 Å². The highest BCUT2D eigenvalue weighted by Gasteiger charge is 2.25. The number of fused-ring (bicyclic) bond motifs is 1. The summed E-state index contributed by atoms with van der Waals surface area (Å²) in [6, 6.07) is 6.08. The molecule has 5 heteroatoms. The van der Waals surface area contributed by atoms with Gasteiger partial charge in [-0.25, -0.2) is 0 Å². The van der Waals surface area contributed by atoms with E-state index in [0.717, 1.165) is 36.8 Å². The lowest BCUT2D eigenvalue weighted by Crippen LogP contribution is -2.42. The largest absolute Gasteiger partial charge is 0.454 e. The van der Waals surface area contributed by atoms with Crippen molar-refractivity contribution in [3.05, 3.63) is 18.2 Å². The fourth-order valence-corrected chi connectivity index (χ4v) is 2.70. The van der Waals surface area contributed by atoms with Crippen LogP contribution in [0.3, 0.4) is 0 Å². The average molecular weight is 264 g/mol. The van der Waals surface area contributed by atoms with Crippen LogP contribution in [0.5, 0.6) is 11.5 Å². The summed E-state index contributed by atoms with van der Waals surface area (Å²) in [5.41, 5.74) is 1.08. The van der Waals surface area contributed by atoms with E-state index in [9.17, 15) is 5.11 Å². The number of anilines is 1. The van der Waals surface area contributed by atoms with E-state index in [0.29, 0.717) is 12.7 Å². The van der Waals surface area contributed by atoms with E-state index in [1.54, 1.807) is 0 Å². The highest BCUT2D eigenvalue weighted by molar-refractivity contribution is 5.58. The zero-order valence-corrected chi connectivity index (χ0v) is 11.1. The van der Waals surface area contributed by atoms with Crippen LogP contribution in [0.4, 0.5) is 5.69 Å². The van der Waals surface area contributed by atoms with Gasteiger partial charge in [-0.1, -0.05) is 6.92 Å². The fraction of sp³-hybridized carbons (Fsp3) is 0.571. The summed E-state index contributed by atoms with van der Waals surface area (Å²) in [5.74, 6) is 2.13. The average Bonchev–Trinajstić information content (AvgIpc) is 2.80. The molecule has 0 aromatic heterocycles. The molecular formula is C14H20N2O3. The number of aliphatic hydroxyl groups excluding tert-OH is 1. The van der Waals surface area contributed by atoms with Crippen LogP contribution in [-0.2, 0) is 0 Å². The van der Waals surface area contributed by atoms with E-state index >= 15 is 0 Å². The minimum Gasteiger partial charge on any atom is -0.454 e. The van der Waals surface area contributed by atoms with Crippen molar-refractivity contribution in [1.29, 1.82) is 0 Å². The van der Waals surface area contributed by atoms with Crippen molar-refractivity contribution >= 4 is 5.69 Å². The Morgan fingerprint density at radius 1 is 1.32 bits per heavy atom. The van der Waals surface area contributed by atoms with Gasteiger partial charge in [0.1, 0.15) is 0 Å². The van der Waals surface area contributed by atoms with Gasteiger partial charge in [0.05, 0.1) is 12.6 Å². The quantitative estimate of drug-likeness (QED) is 0.828. The first-order chi connectivity index (χ1) is 9.28. The number of nitrogens with one attached hydrogen (secondary N) is 1. The lowest BCUT2D eigenvalue weighted by molar-refractivity contribution is 0.174. The van der Waals surface area contributed by atoms with Crippen LogP contribution in [0.25, 0.3) is 0 Å². The van der Waals surface area contributed by atoms with Crippen molar-refractivity contribution in [1.82, 2.24) is 5.32 Å². The summed E-state index contributed by atoms with van der Waals surface area (Å²) in [6.45, 7) is 5.37. The Morgan fingerprint density at radius 2 is 2.16 bits per heavy atom. The molecule has 0 radical (unpaired) electrons. The van der Waals surface area contributed by atoms with E-state index in [2.05, 4.69) is 17.1 Å². The Bertz CT molecular complexity index is 452. The maximum Gasteiger partial charge on any atom is 0.231 e. The molecule has 2 aliphatic rings. The van der Waals surface area contributed by atoms with E-state index in [4.69, 9.17) is 9.47 Å². The minimum atomic E-state index is 0.102. The van der Waals surface area contributed by atoms with Crippen LogP contribution in [0.15, 0.2) is 18.2 Å². The van der Waals surface area contributed by atoms with Crippen molar-refractivity contribution in [2.24, 2.45) is 5.92 Å². The zero-order chi connectivity index (χ0) is 13.2. The second-order valence-electron chi connectivity index (χ2n) is 5.29. The topological polar surface area (TPSA) is 54.0 Å². The van der Waals surface area contributed by atoms with Crippen molar-refractivity contribution in [3.63, 3.8) is 0 Å². The molecule has 0 aliphatic carbocycles. The van der Waals surface area contributed by atoms with E-state index in [1.807, 2.05) is 18.2 Å². The van der Waals surface area contributed by atoms with Gasteiger partial charge in [0.2, 0.25) is 6.79 Å². The molecule has 1 aromatic carbocycles. The summed E-state index contributed by atoms with van der Waals surface area (Å²) >= 11 is 0. The maximum absolute atomic E-state index is 9.59. The van der Waals surface area contributed by atoms with Gasteiger partial charge in [0.25, 0.3) is 0 Å². The summed E-state index contributed by atoms with van der Waals surface area (Å²) in [6.07, 6.45) is 0. The predicted molar refractivity (Wildman–Crippen MR) is 72.8 cm³/mol. The van der Waals surface area contributed by atoms with Gasteiger partial charge in [-0.2, -0.15) is 0 Å². The minimum absolute atomic E-state index is 0.102. The SMILES string of the molecule is CC1CNCC(CO)N(c2ccc3c(c2)OCO3)C1. The molecule has 2 aliphatic heterocycles. The van der Waals surface area contributed by atoms with Crippen molar-refractivity contribution in [2.75, 3.05) is 37.9 Å². The molecule has 104 valence electrons. The zero-order valence-electron chi connectivity index (χ0n) is 11.1. The predicted octanol–water partition coefficient (Wildman–Crippen LogP) is 0.822. The Hall–Kier alpha value is -1.46. The molecule has 0 amide bonds. The third kappa shape index (κ3) is 2.48. The van der Waals surface area contributed by atoms with Gasteiger partial charge in [-0.3, -0.25) is 0 Å². The number of ether oxygens (including phenoxy) is 2. The van der Waals surface area contributed by atoms with Gasteiger partial charge in [-0.05, 0) is 24.6 Å². The summed E-state index contributed by atoms with van der Waals surface area (Å²) in [4.78, 5) is 2.26. The first-order valence-electron chi connectivity index (χ1n) is 6.76. The summed E-state index contributed by atoms with van der Waals surface area (Å²) < 4.78 is 10.8. The van der Waals surface area contributed by atoms with Crippen LogP contribution in [0.2, 0.25) is 0 Å². The molecule has 2 N–H and O–H groups in total. The number of benzene rings is 1. The van der Waals surface area contributed by atoms with Crippen molar-refractivity contribution in [3.8, 4) is 11.5 Å². The molecule has 1 fully saturated rings. The second-order valence-corrected chi connectivity index (χ2v) is 5.29. The third-order valence-electron chi connectivity index (χ3n) is 3.72. The highest BCUT2D eigenvalue weighted by atomic mass is 16.7. The number of hydrogen-bond acceptors (Lipinski definition) is 5. The normalized spacial score (nSPS) is 26.3. The molecule has 1 aromatic rings. The summed E-state index contributed by atoms with van der Waals surface area (Å²) in [7, 11) is 0. The van der Waals surface area contributed by atoms with Crippen molar-refractivity contribution < 1.29 is 14.6 Å². The molecule has 0 saturated carbocycles. The van der Waals surface area contributed by atoms with Crippen LogP contribution >= 0.6 is 0 Å². The van der Waals surface area contributed by atoms with Gasteiger partial charge < -0.3 is 24.8 Å². The van der Waals surface area contributed by atoms with Gasteiger partial charge >= 0.3 is 0 Å².